The Morgan fingerprint density at radius 3 is 2.53 bits per heavy atom. The van der Waals surface area contributed by atoms with E-state index in [1.165, 1.54) is 0 Å². The number of nitrogens with two attached hydrogens (primary N) is 1. The van der Waals surface area contributed by atoms with Crippen molar-refractivity contribution in [3.05, 3.63) is 46.3 Å². The summed E-state index contributed by atoms with van der Waals surface area (Å²) in [4.78, 5) is 0. The molecule has 1 atom stereocenters. The molecule has 0 saturated carbocycles. The number of hydrogen-bond donors (Lipinski definition) is 1. The molecule has 1 aromatic heterocycles. The van der Waals surface area contributed by atoms with Gasteiger partial charge in [-0.3, -0.25) is 0 Å². The fourth-order valence-electron chi connectivity index (χ4n) is 1.94. The van der Waals surface area contributed by atoms with Gasteiger partial charge in [-0.25, -0.2) is 0 Å². The highest BCUT2D eigenvalue weighted by Crippen LogP contribution is 2.30. The first-order chi connectivity index (χ1) is 9.15. The van der Waals surface area contributed by atoms with Crippen molar-refractivity contribution >= 4 is 15.9 Å². The average Bonchev–Trinajstić information content (AvgIpc) is 2.85. The van der Waals surface area contributed by atoms with Crippen LogP contribution in [0.25, 0.3) is 0 Å². The monoisotopic (exact) mass is 325 g/mol. The largest absolute Gasteiger partial charge is 0.493 e. The molecule has 2 N–H and O–H groups in total. The minimum atomic E-state index is -0.133. The lowest BCUT2D eigenvalue weighted by molar-refractivity contribution is 0.354. The molecule has 0 bridgehead atoms. The fraction of sp³-hybridized carbons (Fsp3) is 0.286. The minimum absolute atomic E-state index is 0.133. The highest BCUT2D eigenvalue weighted by molar-refractivity contribution is 9.10. The summed E-state index contributed by atoms with van der Waals surface area (Å²) in [6.07, 6.45) is 2.31. The summed E-state index contributed by atoms with van der Waals surface area (Å²) in [6, 6.07) is 7.54. The Morgan fingerprint density at radius 1 is 1.21 bits per heavy atom. The van der Waals surface area contributed by atoms with Crippen LogP contribution in [0, 0.1) is 0 Å². The fourth-order valence-corrected chi connectivity index (χ4v) is 2.48. The topological polar surface area (TPSA) is 57.6 Å². The van der Waals surface area contributed by atoms with Gasteiger partial charge in [-0.2, -0.15) is 0 Å². The molecule has 0 aliphatic carbocycles. The van der Waals surface area contributed by atoms with Gasteiger partial charge >= 0.3 is 0 Å². The van der Waals surface area contributed by atoms with Crippen molar-refractivity contribution in [1.82, 2.24) is 0 Å². The molecule has 2 aromatic rings. The average molecular weight is 326 g/mol. The predicted molar refractivity (Wildman–Crippen MR) is 76.6 cm³/mol. The van der Waals surface area contributed by atoms with E-state index >= 15 is 0 Å². The van der Waals surface area contributed by atoms with E-state index < -0.39 is 0 Å². The molecular formula is C14H16BrNO3. The second kappa shape index (κ2) is 6.12. The van der Waals surface area contributed by atoms with E-state index in [0.717, 1.165) is 11.1 Å². The van der Waals surface area contributed by atoms with Gasteiger partial charge in [-0.15, -0.1) is 0 Å². The van der Waals surface area contributed by atoms with E-state index in [0.29, 0.717) is 22.6 Å². The smallest absolute Gasteiger partial charge is 0.173 e. The maximum absolute atomic E-state index is 6.17. The third kappa shape index (κ3) is 3.11. The zero-order valence-corrected chi connectivity index (χ0v) is 12.4. The van der Waals surface area contributed by atoms with Crippen molar-refractivity contribution < 1.29 is 13.9 Å². The van der Waals surface area contributed by atoms with Crippen LogP contribution >= 0.6 is 15.9 Å². The van der Waals surface area contributed by atoms with Gasteiger partial charge in [0.2, 0.25) is 0 Å². The Bertz CT molecular complexity index is 553. The summed E-state index contributed by atoms with van der Waals surface area (Å²) in [5.74, 6) is 1.42. The summed E-state index contributed by atoms with van der Waals surface area (Å²) in [5.41, 5.74) is 8.21. The van der Waals surface area contributed by atoms with Crippen LogP contribution in [0.3, 0.4) is 0 Å². The van der Waals surface area contributed by atoms with Gasteiger partial charge in [0.05, 0.1) is 20.5 Å². The van der Waals surface area contributed by atoms with Crippen LogP contribution in [0.2, 0.25) is 0 Å². The molecule has 2 rings (SSSR count). The van der Waals surface area contributed by atoms with Crippen molar-refractivity contribution in [1.29, 1.82) is 0 Å². The SMILES string of the molecule is COc1ccc(CC(N)c2ccoc2Br)cc1OC. The van der Waals surface area contributed by atoms with Gasteiger partial charge in [0.25, 0.3) is 0 Å². The zero-order chi connectivity index (χ0) is 13.8. The summed E-state index contributed by atoms with van der Waals surface area (Å²) in [7, 11) is 3.24. The molecule has 0 fully saturated rings. The Kier molecular flexibility index (Phi) is 4.50. The lowest BCUT2D eigenvalue weighted by Crippen LogP contribution is -2.13. The molecule has 0 radical (unpaired) electrons. The van der Waals surface area contributed by atoms with E-state index in [-0.39, 0.29) is 6.04 Å². The standard InChI is InChI=1S/C14H16BrNO3/c1-17-12-4-3-9(8-13(12)18-2)7-11(16)10-5-6-19-14(10)15/h3-6,8,11H,7,16H2,1-2H3. The number of ether oxygens (including phenoxy) is 2. The van der Waals surface area contributed by atoms with Gasteiger partial charge in [0, 0.05) is 11.6 Å². The van der Waals surface area contributed by atoms with Gasteiger partial charge in [0.1, 0.15) is 0 Å². The van der Waals surface area contributed by atoms with Crippen LogP contribution in [0.4, 0.5) is 0 Å². The van der Waals surface area contributed by atoms with Gasteiger partial charge in [-0.1, -0.05) is 6.07 Å². The summed E-state index contributed by atoms with van der Waals surface area (Å²) < 4.78 is 16.4. The van der Waals surface area contributed by atoms with Crippen LogP contribution in [0.5, 0.6) is 11.5 Å². The molecular weight excluding hydrogens is 310 g/mol. The predicted octanol–water partition coefficient (Wildman–Crippen LogP) is 3.30. The second-order valence-corrected chi connectivity index (χ2v) is 4.87. The highest BCUT2D eigenvalue weighted by atomic mass is 79.9. The van der Waals surface area contributed by atoms with Crippen molar-refractivity contribution in [2.75, 3.05) is 14.2 Å². The molecule has 1 unspecified atom stereocenters. The molecule has 5 heteroatoms. The van der Waals surface area contributed by atoms with E-state index in [1.54, 1.807) is 20.5 Å². The first-order valence-corrected chi connectivity index (χ1v) is 6.64. The van der Waals surface area contributed by atoms with Crippen molar-refractivity contribution in [3.8, 4) is 11.5 Å². The summed E-state index contributed by atoms with van der Waals surface area (Å²) in [6.45, 7) is 0. The van der Waals surface area contributed by atoms with Crippen LogP contribution in [-0.4, -0.2) is 14.2 Å². The van der Waals surface area contributed by atoms with E-state index in [9.17, 15) is 0 Å². The van der Waals surface area contributed by atoms with Crippen molar-refractivity contribution in [3.63, 3.8) is 0 Å². The Labute approximate surface area is 120 Å². The highest BCUT2D eigenvalue weighted by Gasteiger charge is 2.14. The van der Waals surface area contributed by atoms with E-state index in [4.69, 9.17) is 19.6 Å². The number of halogens is 1. The second-order valence-electron chi connectivity index (χ2n) is 4.15. The van der Waals surface area contributed by atoms with Crippen LogP contribution < -0.4 is 15.2 Å². The normalized spacial score (nSPS) is 12.2. The Hall–Kier alpha value is -1.46. The van der Waals surface area contributed by atoms with E-state index in [1.807, 2.05) is 24.3 Å². The third-order valence-corrected chi connectivity index (χ3v) is 3.59. The van der Waals surface area contributed by atoms with Gasteiger partial charge < -0.3 is 19.6 Å². The van der Waals surface area contributed by atoms with Crippen molar-refractivity contribution in [2.45, 2.75) is 12.5 Å². The molecule has 0 aliphatic heterocycles. The van der Waals surface area contributed by atoms with Crippen LogP contribution in [0.1, 0.15) is 17.2 Å². The number of rotatable bonds is 5. The molecule has 1 aromatic carbocycles. The van der Waals surface area contributed by atoms with Gasteiger partial charge in [-0.05, 0) is 46.1 Å². The molecule has 0 aliphatic rings. The van der Waals surface area contributed by atoms with Crippen LogP contribution in [-0.2, 0) is 6.42 Å². The summed E-state index contributed by atoms with van der Waals surface area (Å²) in [5, 5.41) is 0. The molecule has 0 spiro atoms. The van der Waals surface area contributed by atoms with E-state index in [2.05, 4.69) is 15.9 Å². The molecule has 1 heterocycles. The van der Waals surface area contributed by atoms with Gasteiger partial charge in [0.15, 0.2) is 16.2 Å². The number of methoxy groups -OCH3 is 2. The quantitative estimate of drug-likeness (QED) is 0.916. The Morgan fingerprint density at radius 2 is 1.95 bits per heavy atom. The first kappa shape index (κ1) is 14.0. The maximum atomic E-state index is 6.17. The first-order valence-electron chi connectivity index (χ1n) is 5.85. The van der Waals surface area contributed by atoms with Crippen LogP contribution in [0.15, 0.2) is 39.6 Å². The lowest BCUT2D eigenvalue weighted by atomic mass is 10.0. The lowest BCUT2D eigenvalue weighted by Gasteiger charge is -2.13. The molecule has 19 heavy (non-hydrogen) atoms. The third-order valence-electron chi connectivity index (χ3n) is 2.95. The Balaban J connectivity index is 2.17. The molecule has 102 valence electrons. The maximum Gasteiger partial charge on any atom is 0.173 e. The zero-order valence-electron chi connectivity index (χ0n) is 10.9. The number of furan rings is 1. The molecule has 0 saturated heterocycles. The molecule has 0 amide bonds. The number of hydrogen-bond acceptors (Lipinski definition) is 4. The number of benzene rings is 1. The summed E-state index contributed by atoms with van der Waals surface area (Å²) >= 11 is 3.34. The minimum Gasteiger partial charge on any atom is -0.493 e. The molecule has 4 nitrogen and oxygen atoms in total. The van der Waals surface area contributed by atoms with Crippen molar-refractivity contribution in [2.24, 2.45) is 5.73 Å².